The lowest BCUT2D eigenvalue weighted by atomic mass is 10.1. The molecule has 0 aromatic heterocycles. The summed E-state index contributed by atoms with van der Waals surface area (Å²) in [6, 6.07) is 16.0. The Kier molecular flexibility index (Phi) is 8.31. The van der Waals surface area contributed by atoms with Crippen LogP contribution in [0.1, 0.15) is 16.7 Å². The smallest absolute Gasteiger partial charge is 0.269 e. The Balaban J connectivity index is 1.81. The number of non-ortho nitro benzene ring substituents is 1. The molecule has 1 N–H and O–H groups in total. The van der Waals surface area contributed by atoms with Crippen LogP contribution in [0.4, 0.5) is 11.4 Å². The van der Waals surface area contributed by atoms with Gasteiger partial charge in [-0.05, 0) is 66.1 Å². The second-order valence-corrected chi connectivity index (χ2v) is 8.10. The quantitative estimate of drug-likeness (QED) is 0.163. The Morgan fingerprint density at radius 1 is 1.17 bits per heavy atom. The van der Waals surface area contributed by atoms with Crippen LogP contribution >= 0.6 is 23.2 Å². The van der Waals surface area contributed by atoms with E-state index in [1.807, 2.05) is 6.07 Å². The summed E-state index contributed by atoms with van der Waals surface area (Å²) in [5, 5.41) is 23.7. The molecule has 0 aliphatic carbocycles. The van der Waals surface area contributed by atoms with Crippen molar-refractivity contribution < 1.29 is 19.2 Å². The second kappa shape index (κ2) is 11.4. The number of nitrogens with zero attached hydrogens (tertiary/aromatic N) is 2. The lowest BCUT2D eigenvalue weighted by Crippen LogP contribution is -2.14. The monoisotopic (exact) mass is 511 g/mol. The minimum atomic E-state index is -0.605. The molecule has 0 unspecified atom stereocenters. The van der Waals surface area contributed by atoms with E-state index in [1.165, 1.54) is 31.4 Å². The van der Waals surface area contributed by atoms with Gasteiger partial charge in [0.2, 0.25) is 0 Å². The number of benzene rings is 3. The third-order valence-electron chi connectivity index (χ3n) is 4.97. The summed E-state index contributed by atoms with van der Waals surface area (Å²) >= 11 is 12.5. The zero-order valence-electron chi connectivity index (χ0n) is 18.7. The molecule has 0 radical (unpaired) electrons. The summed E-state index contributed by atoms with van der Waals surface area (Å²) in [6.07, 6.45) is 1.38. The van der Waals surface area contributed by atoms with Crippen LogP contribution in [-0.4, -0.2) is 17.9 Å². The number of halogens is 2. The molecule has 1 amide bonds. The molecule has 0 saturated heterocycles. The molecule has 3 rings (SSSR count). The van der Waals surface area contributed by atoms with Crippen LogP contribution in [0.5, 0.6) is 11.5 Å². The van der Waals surface area contributed by atoms with Crippen molar-refractivity contribution in [1.29, 1.82) is 5.26 Å². The highest BCUT2D eigenvalue weighted by molar-refractivity contribution is 6.32. The van der Waals surface area contributed by atoms with Crippen molar-refractivity contribution in [2.24, 2.45) is 0 Å². The van der Waals surface area contributed by atoms with E-state index in [0.717, 1.165) is 0 Å². The molecule has 10 heteroatoms. The highest BCUT2D eigenvalue weighted by Crippen LogP contribution is 2.37. The number of carbonyl (C=O) groups excluding carboxylic acids is 1. The van der Waals surface area contributed by atoms with Gasteiger partial charge in [0.15, 0.2) is 11.5 Å². The van der Waals surface area contributed by atoms with Crippen LogP contribution in [0.15, 0.2) is 60.2 Å². The van der Waals surface area contributed by atoms with Crippen molar-refractivity contribution >= 4 is 46.6 Å². The van der Waals surface area contributed by atoms with Crippen LogP contribution in [0.25, 0.3) is 6.08 Å². The SMILES string of the molecule is COc1cc(/C=C(/C#N)C(=O)Nc2cccc(Cl)c2C)cc(Cl)c1OCc1ccc([N+](=O)[O-])cc1. The Hall–Kier alpha value is -4.06. The van der Waals surface area contributed by atoms with E-state index in [0.29, 0.717) is 27.4 Å². The zero-order chi connectivity index (χ0) is 25.5. The minimum absolute atomic E-state index is 0.0247. The number of methoxy groups -OCH3 is 1. The summed E-state index contributed by atoms with van der Waals surface area (Å²) in [7, 11) is 1.43. The molecular weight excluding hydrogens is 493 g/mol. The van der Waals surface area contributed by atoms with Crippen LogP contribution < -0.4 is 14.8 Å². The molecule has 35 heavy (non-hydrogen) atoms. The molecule has 3 aromatic rings. The van der Waals surface area contributed by atoms with Crippen molar-refractivity contribution in [3.8, 4) is 17.6 Å². The first-order valence-electron chi connectivity index (χ1n) is 10.2. The fourth-order valence-corrected chi connectivity index (χ4v) is 3.53. The number of amides is 1. The van der Waals surface area contributed by atoms with Gasteiger partial charge in [-0.15, -0.1) is 0 Å². The summed E-state index contributed by atoms with van der Waals surface area (Å²) < 4.78 is 11.2. The summed E-state index contributed by atoms with van der Waals surface area (Å²) in [6.45, 7) is 1.85. The van der Waals surface area contributed by atoms with Crippen LogP contribution in [-0.2, 0) is 11.4 Å². The number of ether oxygens (including phenoxy) is 2. The maximum Gasteiger partial charge on any atom is 0.269 e. The number of carbonyl (C=O) groups is 1. The molecule has 0 aliphatic heterocycles. The maximum absolute atomic E-state index is 12.7. The Morgan fingerprint density at radius 3 is 2.51 bits per heavy atom. The van der Waals surface area contributed by atoms with Gasteiger partial charge in [0.25, 0.3) is 11.6 Å². The standard InChI is InChI=1S/C25H19Cl2N3O5/c1-15-20(26)4-3-5-22(15)29-25(31)18(13-28)10-17-11-21(27)24(23(12-17)34-2)35-14-16-6-8-19(9-7-16)30(32)33/h3-12H,14H2,1-2H3,(H,29,31)/b18-10-. The Bertz CT molecular complexity index is 1350. The van der Waals surface area contributed by atoms with Crippen LogP contribution in [0.2, 0.25) is 10.0 Å². The third kappa shape index (κ3) is 6.29. The van der Waals surface area contributed by atoms with E-state index in [1.54, 1.807) is 43.3 Å². The van der Waals surface area contributed by atoms with Gasteiger partial charge in [-0.3, -0.25) is 14.9 Å². The van der Waals surface area contributed by atoms with Crippen molar-refractivity contribution in [3.63, 3.8) is 0 Å². The van der Waals surface area contributed by atoms with Gasteiger partial charge in [0.1, 0.15) is 18.2 Å². The van der Waals surface area contributed by atoms with Gasteiger partial charge in [-0.2, -0.15) is 5.26 Å². The lowest BCUT2D eigenvalue weighted by molar-refractivity contribution is -0.384. The highest BCUT2D eigenvalue weighted by atomic mass is 35.5. The molecule has 3 aromatic carbocycles. The molecule has 0 heterocycles. The number of nitro benzene ring substituents is 1. The number of nitriles is 1. The molecule has 0 spiro atoms. The van der Waals surface area contributed by atoms with Gasteiger partial charge < -0.3 is 14.8 Å². The Labute approximate surface area is 211 Å². The maximum atomic E-state index is 12.7. The van der Waals surface area contributed by atoms with E-state index in [-0.39, 0.29) is 34.4 Å². The fraction of sp³-hybridized carbons (Fsp3) is 0.120. The van der Waals surface area contributed by atoms with Crippen molar-refractivity contribution in [2.75, 3.05) is 12.4 Å². The number of rotatable bonds is 8. The summed E-state index contributed by atoms with van der Waals surface area (Å²) in [5.41, 5.74) is 2.14. The predicted molar refractivity (Wildman–Crippen MR) is 134 cm³/mol. The second-order valence-electron chi connectivity index (χ2n) is 7.28. The minimum Gasteiger partial charge on any atom is -0.493 e. The van der Waals surface area contributed by atoms with Crippen molar-refractivity contribution in [3.05, 3.63) is 97.0 Å². The number of nitrogens with one attached hydrogen (secondary N) is 1. The molecule has 0 aliphatic rings. The van der Waals surface area contributed by atoms with E-state index >= 15 is 0 Å². The largest absolute Gasteiger partial charge is 0.493 e. The average Bonchev–Trinajstić information content (AvgIpc) is 2.84. The molecule has 178 valence electrons. The first-order valence-corrected chi connectivity index (χ1v) is 10.9. The summed E-state index contributed by atoms with van der Waals surface area (Å²) in [4.78, 5) is 23.0. The number of hydrogen-bond donors (Lipinski definition) is 1. The number of anilines is 1. The van der Waals surface area contributed by atoms with Crippen molar-refractivity contribution in [2.45, 2.75) is 13.5 Å². The van der Waals surface area contributed by atoms with Gasteiger partial charge >= 0.3 is 0 Å². The number of nitro groups is 1. The molecular formula is C25H19Cl2N3O5. The van der Waals surface area contributed by atoms with Gasteiger partial charge in [-0.25, -0.2) is 0 Å². The third-order valence-corrected chi connectivity index (χ3v) is 5.66. The molecule has 0 atom stereocenters. The lowest BCUT2D eigenvalue weighted by Gasteiger charge is -2.14. The van der Waals surface area contributed by atoms with E-state index in [2.05, 4.69) is 5.32 Å². The highest BCUT2D eigenvalue weighted by Gasteiger charge is 2.16. The first kappa shape index (κ1) is 25.6. The van der Waals surface area contributed by atoms with Crippen molar-refractivity contribution in [1.82, 2.24) is 0 Å². The summed E-state index contributed by atoms with van der Waals surface area (Å²) in [5.74, 6) is -0.0670. The normalized spacial score (nSPS) is 10.9. The van der Waals surface area contributed by atoms with Gasteiger partial charge in [-0.1, -0.05) is 29.3 Å². The van der Waals surface area contributed by atoms with E-state index in [9.17, 15) is 20.2 Å². The topological polar surface area (TPSA) is 114 Å². The van der Waals surface area contributed by atoms with Crippen LogP contribution in [0, 0.1) is 28.4 Å². The predicted octanol–water partition coefficient (Wildman–Crippen LogP) is 6.34. The molecule has 0 saturated carbocycles. The Morgan fingerprint density at radius 2 is 1.89 bits per heavy atom. The van der Waals surface area contributed by atoms with E-state index < -0.39 is 10.8 Å². The number of hydrogen-bond acceptors (Lipinski definition) is 6. The van der Waals surface area contributed by atoms with Gasteiger partial charge in [0.05, 0.1) is 17.1 Å². The van der Waals surface area contributed by atoms with Crippen LogP contribution in [0.3, 0.4) is 0 Å². The zero-order valence-corrected chi connectivity index (χ0v) is 20.2. The van der Waals surface area contributed by atoms with Gasteiger partial charge in [0, 0.05) is 22.8 Å². The fourth-order valence-electron chi connectivity index (χ4n) is 3.08. The molecule has 8 nitrogen and oxygen atoms in total. The first-order chi connectivity index (χ1) is 16.7. The molecule has 0 fully saturated rings. The van der Waals surface area contributed by atoms with E-state index in [4.69, 9.17) is 32.7 Å². The molecule has 0 bridgehead atoms. The average molecular weight is 512 g/mol.